The lowest BCUT2D eigenvalue weighted by atomic mass is 10.0. The molecule has 4 N–H and O–H groups in total. The van der Waals surface area contributed by atoms with Crippen molar-refractivity contribution in [1.29, 1.82) is 0 Å². The van der Waals surface area contributed by atoms with Crippen molar-refractivity contribution in [1.82, 2.24) is 14.9 Å². The maximum Gasteiger partial charge on any atom is 0.408 e. The minimum absolute atomic E-state index is 0.0626. The van der Waals surface area contributed by atoms with Gasteiger partial charge in [0.15, 0.2) is 0 Å². The summed E-state index contributed by atoms with van der Waals surface area (Å²) in [6.45, 7) is 6.80. The zero-order valence-electron chi connectivity index (χ0n) is 23.5. The standard InChI is InChI=1S/C28H36N4O8S/c1-18-7-13-21(14-8-18)41(38,39)32-15-5-6-23(32)25(34)31-22(26(35)36)16-19-9-11-20(12-10-19)30-24(33)17-29-27(37)40-28(2,3)4/h7-14,22-23H,5-6,15-17H2,1-4H3,(H,29,37)(H,30,33)(H,31,34)(H,35,36)/t22-,23-/m0/s1. The second-order valence-electron chi connectivity index (χ2n) is 10.8. The molecule has 13 heteroatoms. The fourth-order valence-corrected chi connectivity index (χ4v) is 5.89. The average molecular weight is 589 g/mol. The van der Waals surface area contributed by atoms with Gasteiger partial charge in [0, 0.05) is 18.7 Å². The summed E-state index contributed by atoms with van der Waals surface area (Å²) in [4.78, 5) is 49.0. The molecule has 0 unspecified atom stereocenters. The Kier molecular flexibility index (Phi) is 10.1. The minimum Gasteiger partial charge on any atom is -0.480 e. The van der Waals surface area contributed by atoms with Crippen molar-refractivity contribution in [3.8, 4) is 0 Å². The van der Waals surface area contributed by atoms with Crippen LogP contribution >= 0.6 is 0 Å². The predicted octanol–water partition coefficient (Wildman–Crippen LogP) is 2.42. The number of ether oxygens (including phenoxy) is 1. The number of hydrogen-bond acceptors (Lipinski definition) is 7. The van der Waals surface area contributed by atoms with Gasteiger partial charge in [-0.2, -0.15) is 4.31 Å². The quantitative estimate of drug-likeness (QED) is 0.328. The predicted molar refractivity (Wildman–Crippen MR) is 151 cm³/mol. The van der Waals surface area contributed by atoms with Crippen molar-refractivity contribution in [2.75, 3.05) is 18.4 Å². The van der Waals surface area contributed by atoms with E-state index < -0.39 is 51.6 Å². The number of nitrogens with one attached hydrogen (secondary N) is 3. The first-order valence-corrected chi connectivity index (χ1v) is 14.6. The van der Waals surface area contributed by atoms with E-state index in [2.05, 4.69) is 16.0 Å². The number of carbonyl (C=O) groups excluding carboxylic acids is 3. The lowest BCUT2D eigenvalue weighted by molar-refractivity contribution is -0.142. The number of carboxylic acids is 1. The number of carboxylic acid groups (broad SMARTS) is 1. The van der Waals surface area contributed by atoms with Gasteiger partial charge in [-0.05, 0) is 70.4 Å². The Morgan fingerprint density at radius 3 is 2.27 bits per heavy atom. The van der Waals surface area contributed by atoms with Gasteiger partial charge in [0.05, 0.1) is 4.90 Å². The lowest BCUT2D eigenvalue weighted by Gasteiger charge is -2.25. The summed E-state index contributed by atoms with van der Waals surface area (Å²) in [5.41, 5.74) is 1.19. The molecule has 2 aromatic carbocycles. The van der Waals surface area contributed by atoms with Crippen LogP contribution in [0.3, 0.4) is 0 Å². The summed E-state index contributed by atoms with van der Waals surface area (Å²) in [6, 6.07) is 10.3. The van der Waals surface area contributed by atoms with E-state index in [0.29, 0.717) is 17.7 Å². The second kappa shape index (κ2) is 13.1. The molecule has 41 heavy (non-hydrogen) atoms. The molecule has 2 aromatic rings. The maximum absolute atomic E-state index is 13.2. The van der Waals surface area contributed by atoms with Crippen LogP contribution in [-0.2, 0) is 35.6 Å². The van der Waals surface area contributed by atoms with Crippen molar-refractivity contribution >= 4 is 39.6 Å². The fraction of sp³-hybridized carbons (Fsp3) is 0.429. The van der Waals surface area contributed by atoms with Crippen LogP contribution in [0.5, 0.6) is 0 Å². The molecule has 1 fully saturated rings. The zero-order chi connectivity index (χ0) is 30.4. The molecule has 0 bridgehead atoms. The van der Waals surface area contributed by atoms with E-state index in [1.807, 2.05) is 6.92 Å². The smallest absolute Gasteiger partial charge is 0.408 e. The monoisotopic (exact) mass is 588 g/mol. The molecular weight excluding hydrogens is 552 g/mol. The van der Waals surface area contributed by atoms with Gasteiger partial charge in [0.2, 0.25) is 21.8 Å². The number of rotatable bonds is 10. The Labute approximate surface area is 239 Å². The molecule has 0 radical (unpaired) electrons. The minimum atomic E-state index is -3.94. The van der Waals surface area contributed by atoms with E-state index in [-0.39, 0.29) is 30.8 Å². The molecule has 1 saturated heterocycles. The Morgan fingerprint density at radius 2 is 1.68 bits per heavy atom. The van der Waals surface area contributed by atoms with Gasteiger partial charge >= 0.3 is 12.1 Å². The normalized spacial score (nSPS) is 16.4. The number of aliphatic carboxylic acids is 1. The summed E-state index contributed by atoms with van der Waals surface area (Å²) in [7, 11) is -3.94. The number of benzene rings is 2. The average Bonchev–Trinajstić information content (AvgIpc) is 3.39. The molecule has 0 saturated carbocycles. The van der Waals surface area contributed by atoms with Gasteiger partial charge < -0.3 is 25.8 Å². The van der Waals surface area contributed by atoms with Crippen molar-refractivity contribution in [2.24, 2.45) is 0 Å². The lowest BCUT2D eigenvalue weighted by Crippen LogP contribution is -2.51. The molecular formula is C28H36N4O8S. The number of aryl methyl sites for hydroxylation is 1. The number of sulfonamides is 1. The molecule has 1 heterocycles. The summed E-state index contributed by atoms with van der Waals surface area (Å²) in [6.07, 6.45) is -0.0346. The van der Waals surface area contributed by atoms with Gasteiger partial charge in [-0.25, -0.2) is 18.0 Å². The summed E-state index contributed by atoms with van der Waals surface area (Å²) in [5.74, 6) is -2.43. The SMILES string of the molecule is Cc1ccc(S(=O)(=O)N2CCC[C@H]2C(=O)N[C@@H](Cc2ccc(NC(=O)CNC(=O)OC(C)(C)C)cc2)C(=O)O)cc1. The Bertz CT molecular complexity index is 1370. The topological polar surface area (TPSA) is 171 Å². The molecule has 0 aromatic heterocycles. The van der Waals surface area contributed by atoms with Crippen molar-refractivity contribution in [3.05, 3.63) is 59.7 Å². The molecule has 3 amide bonds. The molecule has 2 atom stereocenters. The van der Waals surface area contributed by atoms with E-state index in [4.69, 9.17) is 4.74 Å². The van der Waals surface area contributed by atoms with Crippen LogP contribution in [0.2, 0.25) is 0 Å². The second-order valence-corrected chi connectivity index (χ2v) is 12.7. The molecule has 222 valence electrons. The van der Waals surface area contributed by atoms with Crippen LogP contribution in [0, 0.1) is 6.92 Å². The van der Waals surface area contributed by atoms with Gasteiger partial charge in [0.25, 0.3) is 0 Å². The molecule has 0 aliphatic carbocycles. The summed E-state index contributed by atoms with van der Waals surface area (Å²) >= 11 is 0. The summed E-state index contributed by atoms with van der Waals surface area (Å²) in [5, 5.41) is 17.2. The number of hydrogen-bond donors (Lipinski definition) is 4. The number of nitrogens with zero attached hydrogens (tertiary/aromatic N) is 1. The third kappa shape index (κ3) is 9.02. The third-order valence-electron chi connectivity index (χ3n) is 6.22. The molecule has 0 spiro atoms. The first-order chi connectivity index (χ1) is 19.2. The number of amides is 3. The maximum atomic E-state index is 13.2. The van der Waals surface area contributed by atoms with Crippen LogP contribution in [-0.4, -0.2) is 72.5 Å². The molecule has 12 nitrogen and oxygen atoms in total. The Morgan fingerprint density at radius 1 is 1.05 bits per heavy atom. The first kappa shape index (κ1) is 31.6. The Balaban J connectivity index is 1.59. The van der Waals surface area contributed by atoms with Gasteiger partial charge in [-0.3, -0.25) is 9.59 Å². The van der Waals surface area contributed by atoms with Crippen molar-refractivity contribution in [2.45, 2.75) is 69.5 Å². The van der Waals surface area contributed by atoms with E-state index in [0.717, 1.165) is 9.87 Å². The van der Waals surface area contributed by atoms with Crippen LogP contribution in [0.15, 0.2) is 53.4 Å². The van der Waals surface area contributed by atoms with E-state index >= 15 is 0 Å². The molecule has 1 aliphatic heterocycles. The molecule has 1 aliphatic rings. The first-order valence-electron chi connectivity index (χ1n) is 13.1. The van der Waals surface area contributed by atoms with E-state index in [1.54, 1.807) is 57.2 Å². The number of alkyl carbamates (subject to hydrolysis) is 1. The van der Waals surface area contributed by atoms with Gasteiger partial charge in [-0.15, -0.1) is 0 Å². The highest BCUT2D eigenvalue weighted by Gasteiger charge is 2.40. The van der Waals surface area contributed by atoms with E-state index in [9.17, 15) is 32.7 Å². The highest BCUT2D eigenvalue weighted by molar-refractivity contribution is 7.89. The largest absolute Gasteiger partial charge is 0.480 e. The van der Waals surface area contributed by atoms with Crippen LogP contribution < -0.4 is 16.0 Å². The van der Waals surface area contributed by atoms with Gasteiger partial charge in [0.1, 0.15) is 24.2 Å². The van der Waals surface area contributed by atoms with E-state index in [1.165, 1.54) is 12.1 Å². The fourth-order valence-electron chi connectivity index (χ4n) is 4.24. The van der Waals surface area contributed by atoms with Crippen LogP contribution in [0.1, 0.15) is 44.7 Å². The number of anilines is 1. The van der Waals surface area contributed by atoms with Crippen molar-refractivity contribution in [3.63, 3.8) is 0 Å². The van der Waals surface area contributed by atoms with Gasteiger partial charge in [-0.1, -0.05) is 29.8 Å². The molecule has 3 rings (SSSR count). The summed E-state index contributed by atoms with van der Waals surface area (Å²) < 4.78 is 32.6. The van der Waals surface area contributed by atoms with Crippen LogP contribution in [0.25, 0.3) is 0 Å². The van der Waals surface area contributed by atoms with Crippen molar-refractivity contribution < 1.29 is 37.4 Å². The van der Waals surface area contributed by atoms with Crippen LogP contribution in [0.4, 0.5) is 10.5 Å². The Hall–Kier alpha value is -3.97. The highest BCUT2D eigenvalue weighted by Crippen LogP contribution is 2.26. The number of carbonyl (C=O) groups is 4. The highest BCUT2D eigenvalue weighted by atomic mass is 32.2. The zero-order valence-corrected chi connectivity index (χ0v) is 24.3. The third-order valence-corrected chi connectivity index (χ3v) is 8.14.